The molecule has 0 saturated carbocycles. The van der Waals surface area contributed by atoms with Gasteiger partial charge in [-0.3, -0.25) is 4.98 Å². The van der Waals surface area contributed by atoms with Gasteiger partial charge in [-0.2, -0.15) is 0 Å². The van der Waals surface area contributed by atoms with Crippen molar-refractivity contribution >= 4 is 5.82 Å². The topological polar surface area (TPSA) is 41.1 Å². The van der Waals surface area contributed by atoms with Gasteiger partial charge < -0.3 is 10.2 Å². The summed E-state index contributed by atoms with van der Waals surface area (Å²) in [6, 6.07) is 0.547. The van der Waals surface area contributed by atoms with Gasteiger partial charge in [0.2, 0.25) is 0 Å². The summed E-state index contributed by atoms with van der Waals surface area (Å²) in [7, 11) is 1.92. The van der Waals surface area contributed by atoms with Crippen LogP contribution >= 0.6 is 0 Å². The van der Waals surface area contributed by atoms with Crippen LogP contribution < -0.4 is 10.2 Å². The normalized spacial score (nSPS) is 28.4. The Morgan fingerprint density at radius 1 is 1.28 bits per heavy atom. The van der Waals surface area contributed by atoms with Crippen LogP contribution in [0.3, 0.4) is 0 Å². The fourth-order valence-electron chi connectivity index (χ4n) is 2.79. The fraction of sp³-hybridized carbons (Fsp3) is 0.714. The van der Waals surface area contributed by atoms with E-state index in [9.17, 15) is 0 Å². The molecule has 1 aliphatic rings. The van der Waals surface area contributed by atoms with Crippen LogP contribution in [0.15, 0.2) is 12.4 Å². The second-order valence-electron chi connectivity index (χ2n) is 5.61. The molecule has 0 spiro atoms. The third-order valence-corrected chi connectivity index (χ3v) is 3.94. The van der Waals surface area contributed by atoms with Crippen molar-refractivity contribution in [2.24, 2.45) is 11.8 Å². The lowest BCUT2D eigenvalue weighted by atomic mass is 9.86. The van der Waals surface area contributed by atoms with E-state index in [1.807, 2.05) is 19.4 Å². The Morgan fingerprint density at radius 2 is 2.06 bits per heavy atom. The van der Waals surface area contributed by atoms with Crippen molar-refractivity contribution in [3.63, 3.8) is 0 Å². The average Bonchev–Trinajstić information content (AvgIpc) is 2.35. The molecule has 0 aliphatic carbocycles. The van der Waals surface area contributed by atoms with Crippen LogP contribution in [0.1, 0.15) is 32.9 Å². The number of rotatable bonds is 3. The SMILES string of the molecule is CNCc1cnc(N2CC(C)CC(C)C2C)cn1. The number of piperidine rings is 1. The summed E-state index contributed by atoms with van der Waals surface area (Å²) >= 11 is 0. The minimum absolute atomic E-state index is 0.547. The fourth-order valence-corrected chi connectivity index (χ4v) is 2.79. The van der Waals surface area contributed by atoms with E-state index < -0.39 is 0 Å². The number of nitrogens with zero attached hydrogens (tertiary/aromatic N) is 3. The summed E-state index contributed by atoms with van der Waals surface area (Å²) in [6.07, 6.45) is 5.10. The standard InChI is InChI=1S/C14H24N4/c1-10-5-11(2)12(3)18(9-10)14-8-16-13(6-15-4)7-17-14/h7-8,10-12,15H,5-6,9H2,1-4H3. The van der Waals surface area contributed by atoms with Gasteiger partial charge in [0.25, 0.3) is 0 Å². The van der Waals surface area contributed by atoms with Gasteiger partial charge in [0.1, 0.15) is 5.82 Å². The van der Waals surface area contributed by atoms with E-state index in [1.54, 1.807) is 0 Å². The molecule has 1 saturated heterocycles. The molecule has 2 rings (SSSR count). The molecule has 1 fully saturated rings. The van der Waals surface area contributed by atoms with Gasteiger partial charge in [-0.25, -0.2) is 4.98 Å². The zero-order chi connectivity index (χ0) is 13.1. The first-order valence-corrected chi connectivity index (χ1v) is 6.84. The molecular weight excluding hydrogens is 224 g/mol. The van der Waals surface area contributed by atoms with Crippen molar-refractivity contribution in [1.82, 2.24) is 15.3 Å². The van der Waals surface area contributed by atoms with Crippen LogP contribution in [-0.2, 0) is 6.54 Å². The molecule has 1 N–H and O–H groups in total. The monoisotopic (exact) mass is 248 g/mol. The maximum Gasteiger partial charge on any atom is 0.147 e. The number of hydrogen-bond donors (Lipinski definition) is 1. The predicted molar refractivity (Wildman–Crippen MR) is 74.5 cm³/mol. The summed E-state index contributed by atoms with van der Waals surface area (Å²) in [6.45, 7) is 8.80. The Kier molecular flexibility index (Phi) is 4.17. The first kappa shape index (κ1) is 13.3. The van der Waals surface area contributed by atoms with E-state index in [2.05, 4.69) is 41.0 Å². The van der Waals surface area contributed by atoms with E-state index in [0.29, 0.717) is 12.0 Å². The smallest absolute Gasteiger partial charge is 0.147 e. The average molecular weight is 248 g/mol. The molecule has 4 nitrogen and oxygen atoms in total. The molecule has 3 unspecified atom stereocenters. The highest BCUT2D eigenvalue weighted by Crippen LogP contribution is 2.29. The van der Waals surface area contributed by atoms with Crippen molar-refractivity contribution in [3.8, 4) is 0 Å². The van der Waals surface area contributed by atoms with Gasteiger partial charge in [0.05, 0.1) is 18.1 Å². The van der Waals surface area contributed by atoms with Crippen molar-refractivity contribution < 1.29 is 0 Å². The third kappa shape index (κ3) is 2.80. The predicted octanol–water partition coefficient (Wildman–Crippen LogP) is 2.07. The van der Waals surface area contributed by atoms with Crippen LogP contribution in [0.25, 0.3) is 0 Å². The minimum atomic E-state index is 0.547. The van der Waals surface area contributed by atoms with Crippen LogP contribution in [0.4, 0.5) is 5.82 Å². The molecule has 100 valence electrons. The quantitative estimate of drug-likeness (QED) is 0.889. The summed E-state index contributed by atoms with van der Waals surface area (Å²) < 4.78 is 0. The van der Waals surface area contributed by atoms with Crippen LogP contribution in [0.2, 0.25) is 0 Å². The van der Waals surface area contributed by atoms with E-state index in [1.165, 1.54) is 6.42 Å². The Bertz CT molecular complexity index is 376. The Hall–Kier alpha value is -1.16. The lowest BCUT2D eigenvalue weighted by Gasteiger charge is -2.41. The zero-order valence-corrected chi connectivity index (χ0v) is 11.8. The summed E-state index contributed by atoms with van der Waals surface area (Å²) in [5.74, 6) is 2.46. The van der Waals surface area contributed by atoms with Crippen molar-refractivity contribution in [2.75, 3.05) is 18.5 Å². The maximum atomic E-state index is 4.56. The Morgan fingerprint density at radius 3 is 2.67 bits per heavy atom. The first-order chi connectivity index (χ1) is 8.61. The minimum Gasteiger partial charge on any atom is -0.352 e. The lowest BCUT2D eigenvalue weighted by molar-refractivity contribution is 0.295. The largest absolute Gasteiger partial charge is 0.352 e. The third-order valence-electron chi connectivity index (χ3n) is 3.94. The molecule has 0 bridgehead atoms. The molecule has 2 heterocycles. The number of anilines is 1. The Labute approximate surface area is 110 Å². The van der Waals surface area contributed by atoms with Crippen molar-refractivity contribution in [2.45, 2.75) is 39.8 Å². The van der Waals surface area contributed by atoms with E-state index in [4.69, 9.17) is 0 Å². The number of aromatic nitrogens is 2. The number of nitrogens with one attached hydrogen (secondary N) is 1. The second kappa shape index (κ2) is 5.65. The summed E-state index contributed by atoms with van der Waals surface area (Å²) in [5, 5.41) is 3.09. The van der Waals surface area contributed by atoms with Gasteiger partial charge in [0, 0.05) is 19.1 Å². The molecule has 0 aromatic carbocycles. The molecule has 18 heavy (non-hydrogen) atoms. The van der Waals surface area contributed by atoms with Crippen LogP contribution in [0.5, 0.6) is 0 Å². The highest BCUT2D eigenvalue weighted by atomic mass is 15.2. The first-order valence-electron chi connectivity index (χ1n) is 6.84. The van der Waals surface area contributed by atoms with Gasteiger partial charge in [-0.1, -0.05) is 13.8 Å². The molecule has 1 aliphatic heterocycles. The summed E-state index contributed by atoms with van der Waals surface area (Å²) in [4.78, 5) is 11.4. The van der Waals surface area contributed by atoms with E-state index in [0.717, 1.165) is 30.5 Å². The molecule has 4 heteroatoms. The molecule has 1 aromatic heterocycles. The van der Waals surface area contributed by atoms with Gasteiger partial charge in [0.15, 0.2) is 0 Å². The molecule has 0 amide bonds. The molecule has 0 radical (unpaired) electrons. The molecule has 1 aromatic rings. The lowest BCUT2D eigenvalue weighted by Crippen LogP contribution is -2.46. The van der Waals surface area contributed by atoms with Crippen molar-refractivity contribution in [1.29, 1.82) is 0 Å². The highest BCUT2D eigenvalue weighted by molar-refractivity contribution is 5.38. The van der Waals surface area contributed by atoms with E-state index >= 15 is 0 Å². The zero-order valence-electron chi connectivity index (χ0n) is 11.8. The van der Waals surface area contributed by atoms with E-state index in [-0.39, 0.29) is 0 Å². The van der Waals surface area contributed by atoms with Gasteiger partial charge >= 0.3 is 0 Å². The summed E-state index contributed by atoms with van der Waals surface area (Å²) in [5.41, 5.74) is 0.993. The molecular formula is C14H24N4. The maximum absolute atomic E-state index is 4.56. The van der Waals surface area contributed by atoms with Crippen molar-refractivity contribution in [3.05, 3.63) is 18.1 Å². The van der Waals surface area contributed by atoms with Crippen LogP contribution in [0, 0.1) is 11.8 Å². The second-order valence-corrected chi connectivity index (χ2v) is 5.61. The highest BCUT2D eigenvalue weighted by Gasteiger charge is 2.29. The van der Waals surface area contributed by atoms with Gasteiger partial charge in [-0.15, -0.1) is 0 Å². The number of hydrogen-bond acceptors (Lipinski definition) is 4. The van der Waals surface area contributed by atoms with Gasteiger partial charge in [-0.05, 0) is 32.2 Å². The van der Waals surface area contributed by atoms with Crippen LogP contribution in [-0.4, -0.2) is 29.6 Å². The Balaban J connectivity index is 2.14. The molecule has 3 atom stereocenters.